The lowest BCUT2D eigenvalue weighted by atomic mass is 10.0. The zero-order chi connectivity index (χ0) is 32.4. The second kappa shape index (κ2) is 19.2. The third-order valence-electron chi connectivity index (χ3n) is 7.19. The number of amides is 2. The summed E-state index contributed by atoms with van der Waals surface area (Å²) in [6.45, 7) is 0.847. The van der Waals surface area contributed by atoms with Crippen LogP contribution in [0.2, 0.25) is 0 Å². The average molecular weight is 629 g/mol. The summed E-state index contributed by atoms with van der Waals surface area (Å²) in [5.41, 5.74) is 4.80. The smallest absolute Gasteiger partial charge is 0.211 e. The molecule has 0 bridgehead atoms. The number of carbonyl (C=O) groups is 2. The Bertz CT molecular complexity index is 1310. The van der Waals surface area contributed by atoms with Gasteiger partial charge < -0.3 is 39.8 Å². The molecule has 2 amide bonds. The van der Waals surface area contributed by atoms with Crippen molar-refractivity contribution in [2.75, 3.05) is 23.8 Å². The average Bonchev–Trinajstić information content (AvgIpc) is 3.09. The van der Waals surface area contributed by atoms with Crippen molar-refractivity contribution >= 4 is 24.2 Å². The van der Waals surface area contributed by atoms with E-state index >= 15 is 0 Å². The van der Waals surface area contributed by atoms with Gasteiger partial charge in [-0.05, 0) is 46.5 Å². The van der Waals surface area contributed by atoms with E-state index in [1.54, 1.807) is 48.5 Å². The third-order valence-corrected chi connectivity index (χ3v) is 7.19. The van der Waals surface area contributed by atoms with Gasteiger partial charge in [0.1, 0.15) is 24.4 Å². The van der Waals surface area contributed by atoms with Gasteiger partial charge >= 0.3 is 0 Å². The van der Waals surface area contributed by atoms with Gasteiger partial charge in [0.2, 0.25) is 12.8 Å². The topological polar surface area (TPSA) is 136 Å². The minimum Gasteiger partial charge on any atom is -0.388 e. The summed E-state index contributed by atoms with van der Waals surface area (Å²) < 4.78 is 24.1. The van der Waals surface area contributed by atoms with Crippen molar-refractivity contribution < 1.29 is 38.7 Å². The van der Waals surface area contributed by atoms with Crippen LogP contribution in [0.4, 0.5) is 11.4 Å². The Kier molecular flexibility index (Phi) is 14.4. The minimum atomic E-state index is -1.39. The molecule has 0 aliphatic rings. The molecule has 4 atom stereocenters. The van der Waals surface area contributed by atoms with Crippen molar-refractivity contribution in [1.29, 1.82) is 0 Å². The molecular formula is C36H40N2O8. The molecule has 0 fully saturated rings. The Morgan fingerprint density at radius 3 is 1.20 bits per heavy atom. The summed E-state index contributed by atoms with van der Waals surface area (Å²) in [5, 5.41) is 28.1. The number of hydrogen-bond acceptors (Lipinski definition) is 8. The fourth-order valence-electron chi connectivity index (χ4n) is 4.60. The number of ether oxygens (including phenoxy) is 4. The summed E-state index contributed by atoms with van der Waals surface area (Å²) in [6, 6.07) is 33.4. The molecule has 242 valence electrons. The Balaban J connectivity index is 1.45. The standard InChI is InChI=1S/C36H40N2O8/c39-25-37-31-15-11-29(12-16-31)21-45-33(23-43-19-27-7-3-1-4-8-27)35(41)36(42)34(24-44-20-28-9-5-2-6-10-28)46-22-30-13-17-32(18-14-30)38-26-40/h1-18,25-26,33-36,41-42H,19-24H2,(H,37,39)(H,38,40)/t33-,34-,35-,36-/m1/s1. The fraction of sp³-hybridized carbons (Fsp3) is 0.278. The molecule has 10 heteroatoms. The predicted octanol–water partition coefficient (Wildman–Crippen LogP) is 4.45. The molecule has 4 rings (SSSR count). The lowest BCUT2D eigenvalue weighted by Crippen LogP contribution is -2.49. The number of nitrogens with one attached hydrogen (secondary N) is 2. The van der Waals surface area contributed by atoms with E-state index in [0.717, 1.165) is 22.3 Å². The van der Waals surface area contributed by atoms with Gasteiger partial charge in [-0.15, -0.1) is 0 Å². The highest BCUT2D eigenvalue weighted by Crippen LogP contribution is 2.19. The number of rotatable bonds is 21. The Hall–Kier alpha value is -4.42. The first kappa shape index (κ1) is 34.5. The Morgan fingerprint density at radius 1 is 0.500 bits per heavy atom. The second-order valence-electron chi connectivity index (χ2n) is 10.6. The van der Waals surface area contributed by atoms with Crippen LogP contribution < -0.4 is 10.6 Å². The first-order chi connectivity index (χ1) is 22.6. The van der Waals surface area contributed by atoms with Crippen molar-refractivity contribution in [2.45, 2.75) is 50.8 Å². The van der Waals surface area contributed by atoms with Crippen LogP contribution in [0.5, 0.6) is 0 Å². The minimum absolute atomic E-state index is 0.000683. The zero-order valence-corrected chi connectivity index (χ0v) is 25.4. The number of anilines is 2. The first-order valence-corrected chi connectivity index (χ1v) is 15.0. The third kappa shape index (κ3) is 11.5. The van der Waals surface area contributed by atoms with Crippen LogP contribution in [0.25, 0.3) is 0 Å². The van der Waals surface area contributed by atoms with E-state index < -0.39 is 24.4 Å². The van der Waals surface area contributed by atoms with Crippen molar-refractivity contribution in [3.8, 4) is 0 Å². The van der Waals surface area contributed by atoms with Gasteiger partial charge in [-0.1, -0.05) is 84.9 Å². The van der Waals surface area contributed by atoms with E-state index in [-0.39, 0.29) is 26.4 Å². The van der Waals surface area contributed by atoms with Crippen LogP contribution in [0, 0.1) is 0 Å². The Labute approximate surface area is 268 Å². The number of hydrogen-bond donors (Lipinski definition) is 4. The normalized spacial score (nSPS) is 13.7. The summed E-state index contributed by atoms with van der Waals surface area (Å²) in [5.74, 6) is 0. The highest BCUT2D eigenvalue weighted by Gasteiger charge is 2.34. The molecule has 0 unspecified atom stereocenters. The van der Waals surface area contributed by atoms with Gasteiger partial charge in [-0.2, -0.15) is 0 Å². The lowest BCUT2D eigenvalue weighted by molar-refractivity contribution is -0.170. The molecule has 0 aliphatic heterocycles. The van der Waals surface area contributed by atoms with E-state index in [9.17, 15) is 19.8 Å². The lowest BCUT2D eigenvalue weighted by Gasteiger charge is -2.32. The quantitative estimate of drug-likeness (QED) is 0.0995. The van der Waals surface area contributed by atoms with Crippen molar-refractivity contribution in [2.24, 2.45) is 0 Å². The molecule has 46 heavy (non-hydrogen) atoms. The van der Waals surface area contributed by atoms with Crippen LogP contribution in [-0.2, 0) is 55.0 Å². The SMILES string of the molecule is O=CNc1ccc(CO[C@H](COCc2ccccc2)[C@@H](O)[C@H](O)[C@@H](COCc2ccccc2)OCc2ccc(NC=O)cc2)cc1. The highest BCUT2D eigenvalue weighted by molar-refractivity contribution is 5.71. The van der Waals surface area contributed by atoms with Crippen LogP contribution >= 0.6 is 0 Å². The van der Waals surface area contributed by atoms with E-state index in [1.165, 1.54) is 0 Å². The van der Waals surface area contributed by atoms with Gasteiger partial charge in [-0.25, -0.2) is 0 Å². The number of aliphatic hydroxyl groups excluding tert-OH is 2. The maximum Gasteiger partial charge on any atom is 0.211 e. The molecular weight excluding hydrogens is 588 g/mol. The molecule has 4 aromatic carbocycles. The van der Waals surface area contributed by atoms with E-state index in [2.05, 4.69) is 10.6 Å². The van der Waals surface area contributed by atoms with Gasteiger partial charge in [0.15, 0.2) is 0 Å². The van der Waals surface area contributed by atoms with E-state index in [4.69, 9.17) is 18.9 Å². The highest BCUT2D eigenvalue weighted by atomic mass is 16.6. The molecule has 4 N–H and O–H groups in total. The maximum atomic E-state index is 11.5. The molecule has 10 nitrogen and oxygen atoms in total. The molecule has 4 aromatic rings. The first-order valence-electron chi connectivity index (χ1n) is 15.0. The van der Waals surface area contributed by atoms with E-state index in [1.807, 2.05) is 60.7 Å². The summed E-state index contributed by atoms with van der Waals surface area (Å²) in [6.07, 6.45) is -3.41. The summed E-state index contributed by atoms with van der Waals surface area (Å²) >= 11 is 0. The van der Waals surface area contributed by atoms with Gasteiger partial charge in [0.25, 0.3) is 0 Å². The molecule has 0 heterocycles. The van der Waals surface area contributed by atoms with Crippen molar-refractivity contribution in [1.82, 2.24) is 0 Å². The molecule has 0 spiro atoms. The van der Waals surface area contributed by atoms with Gasteiger partial charge in [-0.3, -0.25) is 9.59 Å². The Morgan fingerprint density at radius 2 is 0.848 bits per heavy atom. The number of aliphatic hydroxyl groups is 2. The number of carbonyl (C=O) groups excluding carboxylic acids is 2. The molecule has 0 saturated heterocycles. The molecule has 0 aliphatic carbocycles. The maximum absolute atomic E-state index is 11.5. The monoisotopic (exact) mass is 628 g/mol. The number of benzene rings is 4. The zero-order valence-electron chi connectivity index (χ0n) is 25.4. The largest absolute Gasteiger partial charge is 0.388 e. The van der Waals surface area contributed by atoms with Crippen molar-refractivity contribution in [3.05, 3.63) is 131 Å². The van der Waals surface area contributed by atoms with Crippen LogP contribution in [0.1, 0.15) is 22.3 Å². The molecule has 0 saturated carbocycles. The van der Waals surface area contributed by atoms with Crippen molar-refractivity contribution in [3.63, 3.8) is 0 Å². The molecule has 0 aromatic heterocycles. The van der Waals surface area contributed by atoms with Crippen LogP contribution in [0.15, 0.2) is 109 Å². The fourth-order valence-corrected chi connectivity index (χ4v) is 4.60. The summed E-state index contributed by atoms with van der Waals surface area (Å²) in [7, 11) is 0. The van der Waals surface area contributed by atoms with E-state index in [0.29, 0.717) is 37.4 Å². The molecule has 0 radical (unpaired) electrons. The predicted molar refractivity (Wildman–Crippen MR) is 174 cm³/mol. The summed E-state index contributed by atoms with van der Waals surface area (Å²) in [4.78, 5) is 21.5. The van der Waals surface area contributed by atoms with Crippen LogP contribution in [-0.4, -0.2) is 60.7 Å². The van der Waals surface area contributed by atoms with Gasteiger partial charge in [0.05, 0.1) is 39.6 Å². The van der Waals surface area contributed by atoms with Gasteiger partial charge in [0, 0.05) is 11.4 Å². The second-order valence-corrected chi connectivity index (χ2v) is 10.6. The van der Waals surface area contributed by atoms with Crippen LogP contribution in [0.3, 0.4) is 0 Å².